The van der Waals surface area contributed by atoms with E-state index in [2.05, 4.69) is 10.3 Å². The molecule has 2 aromatic carbocycles. The lowest BCUT2D eigenvalue weighted by Gasteiger charge is -2.22. The molecule has 0 aliphatic carbocycles. The lowest BCUT2D eigenvalue weighted by Crippen LogP contribution is -2.41. The van der Waals surface area contributed by atoms with Gasteiger partial charge in [0.25, 0.3) is 21.8 Å². The Kier molecular flexibility index (Phi) is 11.1. The molecular formula is C29H32N4O7S. The van der Waals surface area contributed by atoms with Gasteiger partial charge in [-0.15, -0.1) is 0 Å². The summed E-state index contributed by atoms with van der Waals surface area (Å²) in [4.78, 5) is 52.6. The second kappa shape index (κ2) is 14.7. The lowest BCUT2D eigenvalue weighted by atomic mass is 10.1. The van der Waals surface area contributed by atoms with Gasteiger partial charge in [-0.05, 0) is 54.7 Å². The zero-order valence-electron chi connectivity index (χ0n) is 22.6. The molecule has 0 fully saturated rings. The Hall–Kier alpha value is -4.58. The van der Waals surface area contributed by atoms with Crippen LogP contribution in [0.5, 0.6) is 0 Å². The number of rotatable bonds is 14. The minimum Gasteiger partial charge on any atom is -0.464 e. The van der Waals surface area contributed by atoms with Crippen molar-refractivity contribution >= 4 is 33.7 Å². The molecule has 1 heterocycles. The number of pyridine rings is 1. The van der Waals surface area contributed by atoms with E-state index in [1.165, 1.54) is 24.3 Å². The van der Waals surface area contributed by atoms with E-state index >= 15 is 0 Å². The van der Waals surface area contributed by atoms with E-state index in [1.54, 1.807) is 19.1 Å². The Morgan fingerprint density at radius 1 is 0.927 bits per heavy atom. The summed E-state index contributed by atoms with van der Waals surface area (Å²) < 4.78 is 32.4. The smallest absolute Gasteiger partial charge is 0.326 e. The molecule has 0 bridgehead atoms. The van der Waals surface area contributed by atoms with E-state index < -0.39 is 34.4 Å². The van der Waals surface area contributed by atoms with Crippen molar-refractivity contribution < 1.29 is 32.3 Å². The average Bonchev–Trinajstić information content (AvgIpc) is 2.98. The average molecular weight is 581 g/mol. The van der Waals surface area contributed by atoms with E-state index in [4.69, 9.17) is 10.5 Å². The first-order valence-electron chi connectivity index (χ1n) is 13.0. The molecule has 41 heavy (non-hydrogen) atoms. The number of primary amides is 1. The van der Waals surface area contributed by atoms with Crippen LogP contribution in [0, 0.1) is 0 Å². The number of aryl methyl sites for hydroxylation is 1. The van der Waals surface area contributed by atoms with Crippen molar-refractivity contribution in [3.05, 3.63) is 95.3 Å². The standard InChI is InChI=1S/C29H32N4O7S/c1-2-18-40-27(35)20-33(29(37)23-11-14-25(28(30)36)32-19-23)41(38,39)24-12-8-22(9-13-24)16-17-31-26(34)15-10-21-6-4-3-5-7-21/h3-9,11-14,19H,2,10,15-18,20H2,1H3,(H2,30,36)(H,31,34). The fraction of sp³-hybridized carbons (Fsp3) is 0.276. The molecular weight excluding hydrogens is 548 g/mol. The number of benzene rings is 2. The maximum Gasteiger partial charge on any atom is 0.326 e. The van der Waals surface area contributed by atoms with Crippen LogP contribution in [0.1, 0.15) is 51.7 Å². The van der Waals surface area contributed by atoms with Crippen molar-refractivity contribution in [2.45, 2.75) is 37.5 Å². The van der Waals surface area contributed by atoms with Gasteiger partial charge < -0.3 is 15.8 Å². The number of carbonyl (C=O) groups is 4. The lowest BCUT2D eigenvalue weighted by molar-refractivity contribution is -0.143. The maximum atomic E-state index is 13.5. The summed E-state index contributed by atoms with van der Waals surface area (Å²) in [7, 11) is -4.49. The number of hydrogen-bond acceptors (Lipinski definition) is 8. The van der Waals surface area contributed by atoms with Crippen LogP contribution in [0.25, 0.3) is 0 Å². The first-order chi connectivity index (χ1) is 19.6. The second-order valence-electron chi connectivity index (χ2n) is 9.06. The van der Waals surface area contributed by atoms with Gasteiger partial charge in [0.1, 0.15) is 12.2 Å². The molecule has 3 N–H and O–H groups in total. The van der Waals surface area contributed by atoms with Gasteiger partial charge in [0.05, 0.1) is 17.1 Å². The molecule has 0 spiro atoms. The quantitative estimate of drug-likeness (QED) is 0.274. The third-order valence-electron chi connectivity index (χ3n) is 5.96. The second-order valence-corrected chi connectivity index (χ2v) is 10.9. The first kappa shape index (κ1) is 31.0. The number of sulfonamides is 1. The molecule has 0 aliphatic heterocycles. The minimum atomic E-state index is -4.49. The third-order valence-corrected chi connectivity index (χ3v) is 7.70. The summed E-state index contributed by atoms with van der Waals surface area (Å²) in [6.07, 6.45) is 2.97. The molecule has 11 nitrogen and oxygen atoms in total. The molecule has 216 valence electrons. The van der Waals surface area contributed by atoms with Crippen LogP contribution in [0.2, 0.25) is 0 Å². The van der Waals surface area contributed by atoms with Crippen LogP contribution in [0.15, 0.2) is 77.8 Å². The molecule has 0 atom stereocenters. The Morgan fingerprint density at radius 3 is 2.22 bits per heavy atom. The number of nitrogens with two attached hydrogens (primary N) is 1. The molecule has 12 heteroatoms. The summed E-state index contributed by atoms with van der Waals surface area (Å²) >= 11 is 0. The van der Waals surface area contributed by atoms with Crippen molar-refractivity contribution in [1.29, 1.82) is 0 Å². The van der Waals surface area contributed by atoms with Crippen molar-refractivity contribution in [1.82, 2.24) is 14.6 Å². The number of nitrogens with zero attached hydrogens (tertiary/aromatic N) is 2. The molecule has 0 radical (unpaired) electrons. The fourth-order valence-electron chi connectivity index (χ4n) is 3.75. The molecule has 0 unspecified atom stereocenters. The van der Waals surface area contributed by atoms with Crippen molar-refractivity contribution in [3.8, 4) is 0 Å². The van der Waals surface area contributed by atoms with Crippen LogP contribution < -0.4 is 11.1 Å². The van der Waals surface area contributed by atoms with Crippen molar-refractivity contribution in [2.24, 2.45) is 5.73 Å². The number of ether oxygens (including phenoxy) is 1. The van der Waals surface area contributed by atoms with E-state index in [1.807, 2.05) is 30.3 Å². The number of hydrogen-bond donors (Lipinski definition) is 2. The SMILES string of the molecule is CCCOC(=O)CN(C(=O)c1ccc(C(N)=O)nc1)S(=O)(=O)c1ccc(CCNC(=O)CCc2ccccc2)cc1. The monoisotopic (exact) mass is 580 g/mol. The van der Waals surface area contributed by atoms with Gasteiger partial charge in [-0.2, -0.15) is 0 Å². The summed E-state index contributed by atoms with van der Waals surface area (Å²) in [6, 6.07) is 17.9. The highest BCUT2D eigenvalue weighted by Crippen LogP contribution is 2.20. The molecule has 3 aromatic rings. The maximum absolute atomic E-state index is 13.5. The van der Waals surface area contributed by atoms with E-state index in [9.17, 15) is 27.6 Å². The minimum absolute atomic E-state index is 0.0628. The molecule has 0 saturated heterocycles. The van der Waals surface area contributed by atoms with Gasteiger partial charge in [-0.25, -0.2) is 12.7 Å². The highest BCUT2D eigenvalue weighted by molar-refractivity contribution is 7.89. The largest absolute Gasteiger partial charge is 0.464 e. The Bertz CT molecular complexity index is 1460. The topological polar surface area (TPSA) is 166 Å². The predicted octanol–water partition coefficient (Wildman–Crippen LogP) is 2.26. The highest BCUT2D eigenvalue weighted by atomic mass is 32.2. The van der Waals surface area contributed by atoms with Gasteiger partial charge in [0.15, 0.2) is 0 Å². The number of carbonyl (C=O) groups excluding carboxylic acids is 4. The summed E-state index contributed by atoms with van der Waals surface area (Å²) in [5.41, 5.74) is 6.74. The Balaban J connectivity index is 1.68. The van der Waals surface area contributed by atoms with Crippen molar-refractivity contribution in [2.75, 3.05) is 19.7 Å². The number of aromatic nitrogens is 1. The first-order valence-corrected chi connectivity index (χ1v) is 14.4. The number of amides is 3. The Morgan fingerprint density at radius 2 is 1.61 bits per heavy atom. The Labute approximate surface area is 238 Å². The van der Waals surface area contributed by atoms with Crippen molar-refractivity contribution in [3.63, 3.8) is 0 Å². The fourth-order valence-corrected chi connectivity index (χ4v) is 5.08. The van der Waals surface area contributed by atoms with Gasteiger partial charge in [0, 0.05) is 19.2 Å². The summed E-state index contributed by atoms with van der Waals surface area (Å²) in [5, 5.41) is 2.85. The number of esters is 1. The summed E-state index contributed by atoms with van der Waals surface area (Å²) in [6.45, 7) is 1.35. The zero-order chi connectivity index (χ0) is 29.8. The van der Waals surface area contributed by atoms with Gasteiger partial charge >= 0.3 is 5.97 Å². The van der Waals surface area contributed by atoms with E-state index in [-0.39, 0.29) is 28.7 Å². The molecule has 0 saturated carbocycles. The van der Waals surface area contributed by atoms with Gasteiger partial charge in [-0.3, -0.25) is 24.2 Å². The normalized spacial score (nSPS) is 11.0. The zero-order valence-corrected chi connectivity index (χ0v) is 23.4. The van der Waals surface area contributed by atoms with Crippen LogP contribution in [0.3, 0.4) is 0 Å². The highest BCUT2D eigenvalue weighted by Gasteiger charge is 2.33. The predicted molar refractivity (Wildman–Crippen MR) is 150 cm³/mol. The van der Waals surface area contributed by atoms with E-state index in [0.717, 1.165) is 17.3 Å². The van der Waals surface area contributed by atoms with Crippen LogP contribution in [0.4, 0.5) is 0 Å². The van der Waals surface area contributed by atoms with Crippen LogP contribution in [-0.2, 0) is 37.2 Å². The van der Waals surface area contributed by atoms with Crippen LogP contribution >= 0.6 is 0 Å². The molecule has 3 rings (SSSR count). The third kappa shape index (κ3) is 8.97. The van der Waals surface area contributed by atoms with Gasteiger partial charge in [0.2, 0.25) is 5.91 Å². The van der Waals surface area contributed by atoms with Crippen LogP contribution in [-0.4, -0.2) is 61.1 Å². The molecule has 3 amide bonds. The number of nitrogens with one attached hydrogen (secondary N) is 1. The molecule has 0 aliphatic rings. The molecule has 1 aromatic heterocycles. The van der Waals surface area contributed by atoms with E-state index in [0.29, 0.717) is 36.5 Å². The summed E-state index contributed by atoms with van der Waals surface area (Å²) in [5.74, 6) is -2.83. The van der Waals surface area contributed by atoms with Gasteiger partial charge in [-0.1, -0.05) is 49.4 Å².